The molecule has 4 rings (SSSR count). The van der Waals surface area contributed by atoms with Crippen molar-refractivity contribution in [3.8, 4) is 5.75 Å². The maximum Gasteiger partial charge on any atom is 0.337 e. The zero-order valence-electron chi connectivity index (χ0n) is 18.2. The van der Waals surface area contributed by atoms with E-state index in [4.69, 9.17) is 9.15 Å². The minimum absolute atomic E-state index is 0.0288. The van der Waals surface area contributed by atoms with E-state index in [1.807, 2.05) is 12.1 Å². The van der Waals surface area contributed by atoms with Crippen LogP contribution in [0.25, 0.3) is 0 Å². The van der Waals surface area contributed by atoms with Gasteiger partial charge in [0.25, 0.3) is 5.91 Å². The van der Waals surface area contributed by atoms with E-state index < -0.39 is 11.9 Å². The van der Waals surface area contributed by atoms with E-state index >= 15 is 0 Å². The summed E-state index contributed by atoms with van der Waals surface area (Å²) in [5, 5.41) is 2.63. The first-order chi connectivity index (χ1) is 16.0. The summed E-state index contributed by atoms with van der Waals surface area (Å²) in [7, 11) is 1.30. The number of hydrogen-bond donors (Lipinski definition) is 1. The van der Waals surface area contributed by atoms with Crippen LogP contribution in [0.3, 0.4) is 0 Å². The molecule has 0 radical (unpaired) electrons. The zero-order valence-corrected chi connectivity index (χ0v) is 18.2. The second-order valence-corrected chi connectivity index (χ2v) is 7.71. The molecular formula is C25H24N2O6. The summed E-state index contributed by atoms with van der Waals surface area (Å²) >= 11 is 0. The predicted octanol–water partition coefficient (Wildman–Crippen LogP) is 3.00. The second kappa shape index (κ2) is 10.1. The van der Waals surface area contributed by atoms with Crippen molar-refractivity contribution >= 4 is 17.6 Å². The monoisotopic (exact) mass is 448 g/mol. The van der Waals surface area contributed by atoms with Crippen LogP contribution in [0, 0.1) is 0 Å². The van der Waals surface area contributed by atoms with E-state index in [1.165, 1.54) is 42.7 Å². The van der Waals surface area contributed by atoms with E-state index in [-0.39, 0.29) is 17.8 Å². The van der Waals surface area contributed by atoms with Gasteiger partial charge in [0.15, 0.2) is 6.61 Å². The Morgan fingerprint density at radius 2 is 1.85 bits per heavy atom. The summed E-state index contributed by atoms with van der Waals surface area (Å²) < 4.78 is 15.6. The summed E-state index contributed by atoms with van der Waals surface area (Å²) in [6.45, 7) is 1.86. The lowest BCUT2D eigenvalue weighted by Gasteiger charge is -2.28. The lowest BCUT2D eigenvalue weighted by atomic mass is 10.00. The average Bonchev–Trinajstić information content (AvgIpc) is 2.83. The number of methoxy groups -OCH3 is 1. The van der Waals surface area contributed by atoms with Crippen molar-refractivity contribution < 1.29 is 23.5 Å². The normalized spacial score (nSPS) is 13.1. The molecule has 0 aliphatic carbocycles. The largest absolute Gasteiger partial charge is 0.477 e. The lowest BCUT2D eigenvalue weighted by molar-refractivity contribution is -0.118. The van der Waals surface area contributed by atoms with Crippen LogP contribution in [0.4, 0.5) is 5.69 Å². The van der Waals surface area contributed by atoms with Gasteiger partial charge in [-0.15, -0.1) is 0 Å². The van der Waals surface area contributed by atoms with Crippen LogP contribution in [-0.4, -0.2) is 37.0 Å². The molecule has 3 aromatic rings. The third-order valence-corrected chi connectivity index (χ3v) is 5.39. The fourth-order valence-corrected chi connectivity index (χ4v) is 3.68. The molecule has 1 aliphatic rings. The van der Waals surface area contributed by atoms with Gasteiger partial charge in [0.2, 0.25) is 11.2 Å². The molecule has 0 atom stereocenters. The van der Waals surface area contributed by atoms with E-state index in [1.54, 1.807) is 12.1 Å². The molecular weight excluding hydrogens is 424 g/mol. The summed E-state index contributed by atoms with van der Waals surface area (Å²) in [5.41, 5.74) is 3.16. The van der Waals surface area contributed by atoms with Crippen molar-refractivity contribution in [2.24, 2.45) is 0 Å². The molecule has 1 N–H and O–H groups in total. The van der Waals surface area contributed by atoms with Gasteiger partial charge in [-0.25, -0.2) is 4.79 Å². The minimum atomic E-state index is -0.462. The molecule has 2 heterocycles. The van der Waals surface area contributed by atoms with Crippen molar-refractivity contribution in [3.63, 3.8) is 0 Å². The summed E-state index contributed by atoms with van der Waals surface area (Å²) in [6, 6.07) is 16.0. The average molecular weight is 448 g/mol. The molecule has 0 spiro atoms. The number of esters is 1. The molecule has 1 aliphatic heterocycles. The molecule has 0 fully saturated rings. The number of rotatable bonds is 7. The number of amides is 1. The molecule has 8 nitrogen and oxygen atoms in total. The predicted molar refractivity (Wildman–Crippen MR) is 121 cm³/mol. The molecule has 170 valence electrons. The Morgan fingerprint density at radius 1 is 1.09 bits per heavy atom. The number of ether oxygens (including phenoxy) is 2. The number of nitrogens with zero attached hydrogens (tertiary/aromatic N) is 1. The Kier molecular flexibility index (Phi) is 6.85. The molecule has 1 aromatic heterocycles. The Hall–Kier alpha value is -3.91. The van der Waals surface area contributed by atoms with Crippen LogP contribution in [0.1, 0.15) is 27.2 Å². The molecule has 0 saturated carbocycles. The molecule has 1 amide bonds. The van der Waals surface area contributed by atoms with Gasteiger partial charge in [0, 0.05) is 24.8 Å². The molecule has 8 heteroatoms. The number of benzene rings is 2. The van der Waals surface area contributed by atoms with Crippen LogP contribution in [-0.2, 0) is 29.0 Å². The summed E-state index contributed by atoms with van der Waals surface area (Å²) in [5.74, 6) is -0.395. The fraction of sp³-hybridized carbons (Fsp3) is 0.240. The Balaban J connectivity index is 1.29. The summed E-state index contributed by atoms with van der Waals surface area (Å²) in [6.07, 6.45) is 2.20. The first-order valence-electron chi connectivity index (χ1n) is 10.5. The van der Waals surface area contributed by atoms with Gasteiger partial charge >= 0.3 is 5.97 Å². The molecule has 0 bridgehead atoms. The van der Waals surface area contributed by atoms with Gasteiger partial charge in [-0.05, 0) is 41.8 Å². The Labute approximate surface area is 190 Å². The number of hydrogen-bond acceptors (Lipinski definition) is 7. The van der Waals surface area contributed by atoms with Crippen molar-refractivity contribution in [2.45, 2.75) is 19.5 Å². The molecule has 33 heavy (non-hydrogen) atoms. The van der Waals surface area contributed by atoms with Gasteiger partial charge in [0.1, 0.15) is 12.0 Å². The smallest absolute Gasteiger partial charge is 0.337 e. The first kappa shape index (κ1) is 22.3. The van der Waals surface area contributed by atoms with Crippen molar-refractivity contribution in [3.05, 3.63) is 93.5 Å². The third kappa shape index (κ3) is 5.67. The topological polar surface area (TPSA) is 98.1 Å². The van der Waals surface area contributed by atoms with Crippen LogP contribution >= 0.6 is 0 Å². The number of nitrogens with one attached hydrogen (secondary N) is 1. The highest BCUT2D eigenvalue weighted by molar-refractivity contribution is 5.93. The highest BCUT2D eigenvalue weighted by Crippen LogP contribution is 2.20. The van der Waals surface area contributed by atoms with Crippen molar-refractivity contribution in [1.29, 1.82) is 0 Å². The van der Waals surface area contributed by atoms with Crippen molar-refractivity contribution in [2.75, 3.05) is 25.6 Å². The van der Waals surface area contributed by atoms with E-state index in [0.29, 0.717) is 23.6 Å². The highest BCUT2D eigenvalue weighted by atomic mass is 16.5. The van der Waals surface area contributed by atoms with Gasteiger partial charge < -0.3 is 19.2 Å². The van der Waals surface area contributed by atoms with Crippen LogP contribution < -0.4 is 15.5 Å². The first-order valence-corrected chi connectivity index (χ1v) is 10.5. The van der Waals surface area contributed by atoms with Crippen molar-refractivity contribution in [1.82, 2.24) is 4.90 Å². The number of fused-ring (bicyclic) bond motifs is 1. The fourth-order valence-electron chi connectivity index (χ4n) is 3.68. The minimum Gasteiger partial charge on any atom is -0.477 e. The van der Waals surface area contributed by atoms with E-state index in [0.717, 1.165) is 19.5 Å². The lowest BCUT2D eigenvalue weighted by Crippen LogP contribution is -2.30. The second-order valence-electron chi connectivity index (χ2n) is 7.71. The zero-order chi connectivity index (χ0) is 23.2. The third-order valence-electron chi connectivity index (χ3n) is 5.39. The molecule has 2 aromatic carbocycles. The quantitative estimate of drug-likeness (QED) is 0.555. The van der Waals surface area contributed by atoms with Gasteiger partial charge in [-0.2, -0.15) is 0 Å². The SMILES string of the molecule is COC(=O)c1ccc(NC(=O)COc2coc(CN3CCc4ccccc4C3)cc2=O)cc1. The van der Waals surface area contributed by atoms with Crippen LogP contribution in [0.5, 0.6) is 5.75 Å². The van der Waals surface area contributed by atoms with Gasteiger partial charge in [-0.3, -0.25) is 14.5 Å². The number of anilines is 1. The van der Waals surface area contributed by atoms with Gasteiger partial charge in [-0.1, -0.05) is 24.3 Å². The Bertz CT molecular complexity index is 1200. The van der Waals surface area contributed by atoms with Crippen LogP contribution in [0.15, 0.2) is 70.1 Å². The number of carbonyl (C=O) groups is 2. The maximum atomic E-state index is 12.4. The molecule has 0 unspecified atom stereocenters. The van der Waals surface area contributed by atoms with E-state index in [9.17, 15) is 14.4 Å². The molecule has 0 saturated heterocycles. The standard InChI is InChI=1S/C25H24N2O6/c1-31-25(30)18-6-8-20(9-7-18)26-24(29)16-33-23-15-32-21(12-22(23)28)14-27-11-10-17-4-2-3-5-19(17)13-27/h2-9,12,15H,10-11,13-14,16H2,1H3,(H,26,29). The van der Waals surface area contributed by atoms with E-state index in [2.05, 4.69) is 27.1 Å². The highest BCUT2D eigenvalue weighted by Gasteiger charge is 2.17. The van der Waals surface area contributed by atoms with Crippen LogP contribution in [0.2, 0.25) is 0 Å². The summed E-state index contributed by atoms with van der Waals surface area (Å²) in [4.78, 5) is 38.2. The Morgan fingerprint density at radius 3 is 2.58 bits per heavy atom. The maximum absolute atomic E-state index is 12.4. The number of carbonyl (C=O) groups excluding carboxylic acids is 2. The van der Waals surface area contributed by atoms with Gasteiger partial charge in [0.05, 0.1) is 19.2 Å².